The van der Waals surface area contributed by atoms with Crippen LogP contribution in [0.5, 0.6) is 0 Å². The molecular formula is C13H15N3O3. The number of carbonyl (C=O) groups excluding carboxylic acids is 1. The molecule has 1 aromatic carbocycles. The molecule has 100 valence electrons. The lowest BCUT2D eigenvalue weighted by Gasteiger charge is -2.10. The number of carbonyl (C=O) groups is 1. The summed E-state index contributed by atoms with van der Waals surface area (Å²) >= 11 is 0. The molecule has 6 heteroatoms. The molecule has 0 aliphatic heterocycles. The standard InChI is InChI=1S/C13H15N3O3/c1-8(7-17)6-14-13(19)11-9-4-2-3-5-10(9)12(18)16-15-11/h2-5,8,17H,6-7H2,1H3,(H,14,19)(H,16,18). The molecular weight excluding hydrogens is 246 g/mol. The predicted molar refractivity (Wildman–Crippen MR) is 70.9 cm³/mol. The van der Waals surface area contributed by atoms with Gasteiger partial charge in [-0.1, -0.05) is 25.1 Å². The van der Waals surface area contributed by atoms with Gasteiger partial charge in [0.05, 0.1) is 5.39 Å². The lowest BCUT2D eigenvalue weighted by atomic mass is 10.1. The number of aliphatic hydroxyl groups excluding tert-OH is 1. The second-order valence-corrected chi connectivity index (χ2v) is 4.44. The SMILES string of the molecule is CC(CO)CNC(=O)c1n[nH]c(=O)c2ccccc12. The molecule has 0 aliphatic rings. The summed E-state index contributed by atoms with van der Waals surface area (Å²) in [6, 6.07) is 6.80. The summed E-state index contributed by atoms with van der Waals surface area (Å²) in [5.41, 5.74) is -0.142. The number of amides is 1. The number of aromatic amines is 1. The lowest BCUT2D eigenvalue weighted by Crippen LogP contribution is -2.31. The van der Waals surface area contributed by atoms with Crippen molar-refractivity contribution in [3.8, 4) is 0 Å². The molecule has 0 aliphatic carbocycles. The van der Waals surface area contributed by atoms with Crippen LogP contribution < -0.4 is 10.9 Å². The van der Waals surface area contributed by atoms with E-state index >= 15 is 0 Å². The number of aromatic nitrogens is 2. The van der Waals surface area contributed by atoms with Gasteiger partial charge in [-0.05, 0) is 12.0 Å². The summed E-state index contributed by atoms with van der Waals surface area (Å²) in [6.45, 7) is 2.17. The molecule has 1 amide bonds. The Kier molecular flexibility index (Phi) is 3.91. The van der Waals surface area contributed by atoms with Gasteiger partial charge >= 0.3 is 0 Å². The highest BCUT2D eigenvalue weighted by molar-refractivity contribution is 6.04. The van der Waals surface area contributed by atoms with Crippen molar-refractivity contribution in [2.24, 2.45) is 5.92 Å². The first kappa shape index (κ1) is 13.2. The fraction of sp³-hybridized carbons (Fsp3) is 0.308. The van der Waals surface area contributed by atoms with E-state index in [9.17, 15) is 9.59 Å². The van der Waals surface area contributed by atoms with Crippen LogP contribution in [0.2, 0.25) is 0 Å². The van der Waals surface area contributed by atoms with E-state index in [1.807, 2.05) is 6.92 Å². The summed E-state index contributed by atoms with van der Waals surface area (Å²) in [6.07, 6.45) is 0. The molecule has 0 fully saturated rings. The maximum atomic E-state index is 12.0. The van der Waals surface area contributed by atoms with Crippen molar-refractivity contribution in [1.82, 2.24) is 15.5 Å². The third kappa shape index (κ3) is 2.79. The molecule has 2 rings (SSSR count). The van der Waals surface area contributed by atoms with E-state index in [0.29, 0.717) is 17.3 Å². The normalized spacial score (nSPS) is 12.3. The molecule has 1 atom stereocenters. The fourth-order valence-corrected chi connectivity index (χ4v) is 1.70. The number of hydrogen-bond donors (Lipinski definition) is 3. The average Bonchev–Trinajstić information content (AvgIpc) is 2.45. The van der Waals surface area contributed by atoms with Crippen LogP contribution in [0.1, 0.15) is 17.4 Å². The Morgan fingerprint density at radius 1 is 1.42 bits per heavy atom. The van der Waals surface area contributed by atoms with Gasteiger partial charge in [0.1, 0.15) is 0 Å². The van der Waals surface area contributed by atoms with Crippen LogP contribution in [0.3, 0.4) is 0 Å². The monoisotopic (exact) mass is 261 g/mol. The summed E-state index contributed by atoms with van der Waals surface area (Å²) in [5.74, 6) is -0.397. The van der Waals surface area contributed by atoms with Crippen molar-refractivity contribution in [2.45, 2.75) is 6.92 Å². The van der Waals surface area contributed by atoms with Crippen LogP contribution in [-0.4, -0.2) is 34.4 Å². The lowest BCUT2D eigenvalue weighted by molar-refractivity contribution is 0.0938. The molecule has 1 heterocycles. The molecule has 2 aromatic rings. The van der Waals surface area contributed by atoms with Gasteiger partial charge in [0.2, 0.25) is 0 Å². The Balaban J connectivity index is 2.33. The van der Waals surface area contributed by atoms with Gasteiger partial charge in [-0.2, -0.15) is 5.10 Å². The Morgan fingerprint density at radius 3 is 2.79 bits per heavy atom. The van der Waals surface area contributed by atoms with Gasteiger partial charge in [0.25, 0.3) is 11.5 Å². The first-order valence-electron chi connectivity index (χ1n) is 6.00. The fourth-order valence-electron chi connectivity index (χ4n) is 1.70. The zero-order valence-electron chi connectivity index (χ0n) is 10.5. The zero-order valence-corrected chi connectivity index (χ0v) is 10.5. The van der Waals surface area contributed by atoms with Crippen LogP contribution >= 0.6 is 0 Å². The Hall–Kier alpha value is -2.21. The van der Waals surface area contributed by atoms with Crippen LogP contribution in [0.25, 0.3) is 10.8 Å². The number of benzene rings is 1. The Bertz CT molecular complexity index is 651. The van der Waals surface area contributed by atoms with Gasteiger partial charge in [-0.25, -0.2) is 5.10 Å². The molecule has 1 unspecified atom stereocenters. The van der Waals surface area contributed by atoms with Crippen LogP contribution in [0.4, 0.5) is 0 Å². The molecule has 1 aromatic heterocycles. The Morgan fingerprint density at radius 2 is 2.11 bits per heavy atom. The van der Waals surface area contributed by atoms with Gasteiger partial charge < -0.3 is 10.4 Å². The van der Waals surface area contributed by atoms with Crippen molar-refractivity contribution in [3.63, 3.8) is 0 Å². The second kappa shape index (κ2) is 5.62. The molecule has 6 nitrogen and oxygen atoms in total. The van der Waals surface area contributed by atoms with E-state index in [4.69, 9.17) is 5.11 Å². The van der Waals surface area contributed by atoms with Crippen LogP contribution in [0.15, 0.2) is 29.1 Å². The number of rotatable bonds is 4. The van der Waals surface area contributed by atoms with Gasteiger partial charge in [0.15, 0.2) is 5.69 Å². The van der Waals surface area contributed by atoms with Crippen molar-refractivity contribution in [3.05, 3.63) is 40.3 Å². The van der Waals surface area contributed by atoms with Crippen molar-refractivity contribution in [2.75, 3.05) is 13.2 Å². The van der Waals surface area contributed by atoms with Crippen molar-refractivity contribution >= 4 is 16.7 Å². The largest absolute Gasteiger partial charge is 0.396 e. The zero-order chi connectivity index (χ0) is 13.8. The highest BCUT2D eigenvalue weighted by atomic mass is 16.3. The molecule has 19 heavy (non-hydrogen) atoms. The van der Waals surface area contributed by atoms with Crippen molar-refractivity contribution in [1.29, 1.82) is 0 Å². The summed E-state index contributed by atoms with van der Waals surface area (Å²) in [4.78, 5) is 23.6. The number of nitrogens with one attached hydrogen (secondary N) is 2. The van der Waals surface area contributed by atoms with E-state index in [0.717, 1.165) is 0 Å². The number of hydrogen-bond acceptors (Lipinski definition) is 4. The first-order valence-corrected chi connectivity index (χ1v) is 6.00. The van der Waals surface area contributed by atoms with Gasteiger partial charge in [-0.3, -0.25) is 9.59 Å². The molecule has 0 radical (unpaired) electrons. The highest BCUT2D eigenvalue weighted by Gasteiger charge is 2.14. The van der Waals surface area contributed by atoms with Gasteiger partial charge in [0, 0.05) is 18.5 Å². The van der Waals surface area contributed by atoms with Crippen LogP contribution in [-0.2, 0) is 0 Å². The average molecular weight is 261 g/mol. The van der Waals surface area contributed by atoms with Crippen LogP contribution in [0, 0.1) is 5.92 Å². The van der Waals surface area contributed by atoms with Gasteiger partial charge in [-0.15, -0.1) is 0 Å². The predicted octanol–water partition coefficient (Wildman–Crippen LogP) is 0.281. The highest BCUT2D eigenvalue weighted by Crippen LogP contribution is 2.12. The number of aliphatic hydroxyl groups is 1. The third-order valence-electron chi connectivity index (χ3n) is 2.83. The summed E-state index contributed by atoms with van der Waals surface area (Å²) in [7, 11) is 0. The van der Waals surface area contributed by atoms with Crippen molar-refractivity contribution < 1.29 is 9.90 Å². The number of fused-ring (bicyclic) bond motifs is 1. The van der Waals surface area contributed by atoms with E-state index < -0.39 is 0 Å². The minimum absolute atomic E-state index is 0.0000785. The maximum absolute atomic E-state index is 12.0. The number of nitrogens with zero attached hydrogens (tertiary/aromatic N) is 1. The summed E-state index contributed by atoms with van der Waals surface area (Å²) in [5, 5.41) is 18.6. The van der Waals surface area contributed by atoms with E-state index in [1.54, 1.807) is 24.3 Å². The summed E-state index contributed by atoms with van der Waals surface area (Å²) < 4.78 is 0. The Labute approximate surface area is 109 Å². The minimum Gasteiger partial charge on any atom is -0.396 e. The quantitative estimate of drug-likeness (QED) is 0.736. The second-order valence-electron chi connectivity index (χ2n) is 4.44. The molecule has 0 bridgehead atoms. The number of H-pyrrole nitrogens is 1. The third-order valence-corrected chi connectivity index (χ3v) is 2.83. The molecule has 0 saturated carbocycles. The van der Waals surface area contributed by atoms with E-state index in [2.05, 4.69) is 15.5 Å². The topological polar surface area (TPSA) is 95.1 Å². The maximum Gasteiger partial charge on any atom is 0.272 e. The smallest absolute Gasteiger partial charge is 0.272 e. The molecule has 0 saturated heterocycles. The van der Waals surface area contributed by atoms with E-state index in [1.165, 1.54) is 0 Å². The minimum atomic E-state index is -0.368. The molecule has 0 spiro atoms. The molecule has 3 N–H and O–H groups in total. The first-order chi connectivity index (χ1) is 9.13. The van der Waals surface area contributed by atoms with E-state index in [-0.39, 0.29) is 29.7 Å².